The summed E-state index contributed by atoms with van der Waals surface area (Å²) in [6.45, 7) is -0.181. The monoisotopic (exact) mass is 305 g/mol. The van der Waals surface area contributed by atoms with Crippen molar-refractivity contribution in [3.63, 3.8) is 0 Å². The first-order chi connectivity index (χ1) is 10.5. The highest BCUT2D eigenvalue weighted by Crippen LogP contribution is 2.30. The van der Waals surface area contributed by atoms with Crippen LogP contribution in [0.25, 0.3) is 5.76 Å². The summed E-state index contributed by atoms with van der Waals surface area (Å²) in [5.74, 6) is -0.557. The first-order valence-corrected chi connectivity index (χ1v) is 6.77. The summed E-state index contributed by atoms with van der Waals surface area (Å²) in [5.41, 5.74) is 0.800. The van der Waals surface area contributed by atoms with E-state index in [-0.39, 0.29) is 23.7 Å². The second-order valence-corrected chi connectivity index (χ2v) is 5.19. The maximum Gasteiger partial charge on any atom is 0.199 e. The third-order valence-electron chi connectivity index (χ3n) is 3.75. The Labute approximate surface area is 125 Å². The molecule has 1 heterocycles. The van der Waals surface area contributed by atoms with Crippen LogP contribution in [0.1, 0.15) is 15.9 Å². The van der Waals surface area contributed by atoms with Gasteiger partial charge in [0, 0.05) is 17.3 Å². The van der Waals surface area contributed by atoms with Crippen molar-refractivity contribution in [2.75, 3.05) is 6.61 Å². The van der Waals surface area contributed by atoms with Gasteiger partial charge in [-0.05, 0) is 0 Å². The van der Waals surface area contributed by atoms with E-state index in [9.17, 15) is 25.2 Å². The zero-order valence-electron chi connectivity index (χ0n) is 11.5. The van der Waals surface area contributed by atoms with Crippen molar-refractivity contribution >= 4 is 17.8 Å². The van der Waals surface area contributed by atoms with Crippen LogP contribution in [0.2, 0.25) is 0 Å². The molecule has 1 aliphatic heterocycles. The van der Waals surface area contributed by atoms with Crippen molar-refractivity contribution in [3.05, 3.63) is 41.0 Å². The predicted octanol–water partition coefficient (Wildman–Crippen LogP) is -0.338. The number of aliphatic imine (C=N–C) groups is 1. The first-order valence-electron chi connectivity index (χ1n) is 6.77. The van der Waals surface area contributed by atoms with E-state index in [1.807, 2.05) is 0 Å². The Hall–Kier alpha value is -2.06. The van der Waals surface area contributed by atoms with Crippen molar-refractivity contribution < 1.29 is 30.0 Å². The van der Waals surface area contributed by atoms with Crippen LogP contribution >= 0.6 is 0 Å². The van der Waals surface area contributed by atoms with E-state index in [1.54, 1.807) is 24.3 Å². The molecule has 2 aliphatic rings. The summed E-state index contributed by atoms with van der Waals surface area (Å²) in [4.78, 5) is 16.1. The van der Waals surface area contributed by atoms with Crippen LogP contribution in [0.5, 0.6) is 0 Å². The zero-order valence-corrected chi connectivity index (χ0v) is 11.5. The van der Waals surface area contributed by atoms with E-state index in [0.29, 0.717) is 11.1 Å². The van der Waals surface area contributed by atoms with Crippen molar-refractivity contribution in [2.24, 2.45) is 4.99 Å². The zero-order chi connectivity index (χ0) is 15.9. The molecule has 1 saturated heterocycles. The Morgan fingerprint density at radius 2 is 1.82 bits per heavy atom. The number of ether oxygens (including phenoxy) is 1. The van der Waals surface area contributed by atoms with Crippen molar-refractivity contribution in [1.82, 2.24) is 0 Å². The van der Waals surface area contributed by atoms with Gasteiger partial charge in [0.15, 0.2) is 12.0 Å². The second kappa shape index (κ2) is 5.62. The number of nitrogens with zero attached hydrogens (tertiary/aromatic N) is 1. The third kappa shape index (κ3) is 2.34. The number of Topliss-reactive ketones (excluding diaryl/α,β-unsaturated/α-hetero) is 1. The summed E-state index contributed by atoms with van der Waals surface area (Å²) in [6.07, 6.45) is -3.98. The molecule has 0 aromatic heterocycles. The van der Waals surface area contributed by atoms with Crippen molar-refractivity contribution in [2.45, 2.75) is 24.5 Å². The molecule has 0 spiro atoms. The van der Waals surface area contributed by atoms with Crippen LogP contribution in [-0.4, -0.2) is 63.6 Å². The highest BCUT2D eigenvalue weighted by Gasteiger charge is 2.37. The Bertz CT molecular complexity index is 668. The highest BCUT2D eigenvalue weighted by molar-refractivity contribution is 6.30. The van der Waals surface area contributed by atoms with Gasteiger partial charge in [0.05, 0.1) is 12.2 Å². The number of rotatable bonds is 2. The summed E-state index contributed by atoms with van der Waals surface area (Å²) in [5, 5.41) is 38.8. The molecule has 0 unspecified atom stereocenters. The lowest BCUT2D eigenvalue weighted by Gasteiger charge is -2.32. The Morgan fingerprint density at radius 1 is 1.14 bits per heavy atom. The van der Waals surface area contributed by atoms with Gasteiger partial charge in [0.25, 0.3) is 0 Å². The van der Waals surface area contributed by atoms with Crippen LogP contribution in [0, 0.1) is 0 Å². The molecule has 1 aromatic rings. The summed E-state index contributed by atoms with van der Waals surface area (Å²) in [6, 6.07) is 6.61. The Kier molecular flexibility index (Phi) is 3.79. The number of aliphatic hydroxyl groups excluding tert-OH is 4. The normalized spacial score (nSPS) is 31.9. The van der Waals surface area contributed by atoms with Gasteiger partial charge in [-0.3, -0.25) is 9.79 Å². The molecule has 0 bridgehead atoms. The van der Waals surface area contributed by atoms with E-state index in [2.05, 4.69) is 4.99 Å². The lowest BCUT2D eigenvalue weighted by Crippen LogP contribution is -2.52. The molecule has 0 saturated carbocycles. The number of aliphatic hydroxyl groups is 4. The standard InChI is InChI=1S/C15H15NO6/c17-10-6-22-15(14(21)13(10)20)16-5-9-11(18)7-3-1-2-4-8(7)12(9)19/h1-5,10,13-15,17-18,20-21H,6H2/b16-5+/t10-,13+,14-,15-/m1/s1. The van der Waals surface area contributed by atoms with E-state index < -0.39 is 24.5 Å². The van der Waals surface area contributed by atoms with Gasteiger partial charge in [0.1, 0.15) is 24.1 Å². The highest BCUT2D eigenvalue weighted by atomic mass is 16.5. The minimum absolute atomic E-state index is 0.00221. The number of carbonyl (C=O) groups is 1. The fourth-order valence-electron chi connectivity index (χ4n) is 2.47. The van der Waals surface area contributed by atoms with Gasteiger partial charge in [-0.1, -0.05) is 24.3 Å². The smallest absolute Gasteiger partial charge is 0.199 e. The maximum atomic E-state index is 12.2. The predicted molar refractivity (Wildman–Crippen MR) is 76.6 cm³/mol. The SMILES string of the molecule is O=C1C(/C=N/[C@@H]2OC[C@@H](O)[C@H](O)[C@H]2O)=C(O)c2ccccc21. The minimum Gasteiger partial charge on any atom is -0.506 e. The summed E-state index contributed by atoms with van der Waals surface area (Å²) < 4.78 is 5.11. The van der Waals surface area contributed by atoms with E-state index in [1.165, 1.54) is 0 Å². The fraction of sp³-hybridized carbons (Fsp3) is 0.333. The second-order valence-electron chi connectivity index (χ2n) is 5.19. The fourth-order valence-corrected chi connectivity index (χ4v) is 2.47. The largest absolute Gasteiger partial charge is 0.506 e. The van der Waals surface area contributed by atoms with Crippen LogP contribution in [-0.2, 0) is 4.74 Å². The number of ketones is 1. The molecular weight excluding hydrogens is 290 g/mol. The molecule has 1 aromatic carbocycles. The molecule has 4 atom stereocenters. The number of hydrogen-bond donors (Lipinski definition) is 4. The van der Waals surface area contributed by atoms with Crippen LogP contribution in [0.15, 0.2) is 34.8 Å². The number of carbonyl (C=O) groups excluding carboxylic acids is 1. The minimum atomic E-state index is -1.42. The average molecular weight is 305 g/mol. The van der Waals surface area contributed by atoms with Gasteiger partial charge in [0.2, 0.25) is 0 Å². The maximum absolute atomic E-state index is 12.2. The topological polar surface area (TPSA) is 120 Å². The molecule has 1 fully saturated rings. The molecule has 116 valence electrons. The van der Waals surface area contributed by atoms with Gasteiger partial charge in [-0.15, -0.1) is 0 Å². The van der Waals surface area contributed by atoms with Gasteiger partial charge < -0.3 is 25.2 Å². The van der Waals surface area contributed by atoms with Gasteiger partial charge in [-0.2, -0.15) is 0 Å². The summed E-state index contributed by atoms with van der Waals surface area (Å²) >= 11 is 0. The Balaban J connectivity index is 1.82. The molecular formula is C15H15NO6. The van der Waals surface area contributed by atoms with Gasteiger partial charge in [-0.25, -0.2) is 0 Å². The number of benzene rings is 1. The number of fused-ring (bicyclic) bond motifs is 1. The lowest BCUT2D eigenvalue weighted by atomic mass is 10.0. The molecule has 3 rings (SSSR count). The van der Waals surface area contributed by atoms with E-state index in [4.69, 9.17) is 4.74 Å². The van der Waals surface area contributed by atoms with Crippen molar-refractivity contribution in [3.8, 4) is 0 Å². The molecule has 4 N–H and O–H groups in total. The molecule has 1 aliphatic carbocycles. The average Bonchev–Trinajstić information content (AvgIpc) is 2.77. The van der Waals surface area contributed by atoms with E-state index in [0.717, 1.165) is 6.21 Å². The molecule has 0 amide bonds. The molecule has 0 radical (unpaired) electrons. The third-order valence-corrected chi connectivity index (χ3v) is 3.75. The molecule has 7 nitrogen and oxygen atoms in total. The first kappa shape index (κ1) is 14.9. The Morgan fingerprint density at radius 3 is 2.50 bits per heavy atom. The van der Waals surface area contributed by atoms with E-state index >= 15 is 0 Å². The quantitative estimate of drug-likeness (QED) is 0.555. The summed E-state index contributed by atoms with van der Waals surface area (Å²) in [7, 11) is 0. The van der Waals surface area contributed by atoms with Gasteiger partial charge >= 0.3 is 0 Å². The number of hydrogen-bond acceptors (Lipinski definition) is 7. The van der Waals surface area contributed by atoms with Crippen LogP contribution in [0.4, 0.5) is 0 Å². The van der Waals surface area contributed by atoms with Crippen LogP contribution < -0.4 is 0 Å². The lowest BCUT2D eigenvalue weighted by molar-refractivity contribution is -0.183. The number of allylic oxidation sites excluding steroid dienone is 1. The van der Waals surface area contributed by atoms with Crippen molar-refractivity contribution in [1.29, 1.82) is 0 Å². The molecule has 22 heavy (non-hydrogen) atoms. The van der Waals surface area contributed by atoms with Crippen LogP contribution in [0.3, 0.4) is 0 Å². The molecule has 7 heteroatoms.